The second-order valence-corrected chi connectivity index (χ2v) is 8.64. The van der Waals surface area contributed by atoms with Gasteiger partial charge in [-0.3, -0.25) is 9.59 Å². The van der Waals surface area contributed by atoms with E-state index in [0.717, 1.165) is 16.7 Å². The highest BCUT2D eigenvalue weighted by Gasteiger charge is 2.29. The summed E-state index contributed by atoms with van der Waals surface area (Å²) < 4.78 is 5.82. The van der Waals surface area contributed by atoms with E-state index in [1.165, 1.54) is 0 Å². The normalized spacial score (nSPS) is 11.8. The fourth-order valence-electron chi connectivity index (χ4n) is 3.34. The van der Waals surface area contributed by atoms with Crippen LogP contribution in [-0.4, -0.2) is 35.9 Å². The summed E-state index contributed by atoms with van der Waals surface area (Å²) in [5.74, 6) is 0.561. The lowest BCUT2D eigenvalue weighted by atomic mass is 10.1. The van der Waals surface area contributed by atoms with Gasteiger partial charge in [-0.15, -0.1) is 0 Å². The van der Waals surface area contributed by atoms with E-state index in [2.05, 4.69) is 5.32 Å². The van der Waals surface area contributed by atoms with Gasteiger partial charge in [-0.05, 0) is 49.4 Å². The number of aryl methyl sites for hydroxylation is 2. The minimum absolute atomic E-state index is 0.150. The van der Waals surface area contributed by atoms with Gasteiger partial charge in [0.2, 0.25) is 5.91 Å². The van der Waals surface area contributed by atoms with Crippen molar-refractivity contribution in [1.29, 1.82) is 0 Å². The Labute approximate surface area is 190 Å². The van der Waals surface area contributed by atoms with Crippen molar-refractivity contribution in [1.82, 2.24) is 10.2 Å². The number of carbonyl (C=O) groups is 2. The first-order valence-corrected chi connectivity index (χ1v) is 11.1. The van der Waals surface area contributed by atoms with Gasteiger partial charge in [0.05, 0.1) is 0 Å². The van der Waals surface area contributed by atoms with Crippen LogP contribution in [0.3, 0.4) is 0 Å². The Morgan fingerprint density at radius 2 is 1.84 bits per heavy atom. The second kappa shape index (κ2) is 11.8. The van der Waals surface area contributed by atoms with Crippen molar-refractivity contribution in [3.8, 4) is 5.75 Å². The van der Waals surface area contributed by atoms with E-state index in [4.69, 9.17) is 16.3 Å². The quantitative estimate of drug-likeness (QED) is 0.566. The molecule has 31 heavy (non-hydrogen) atoms. The summed E-state index contributed by atoms with van der Waals surface area (Å²) in [5, 5.41) is 3.51. The van der Waals surface area contributed by atoms with Crippen molar-refractivity contribution >= 4 is 23.4 Å². The molecule has 0 fully saturated rings. The molecule has 168 valence electrons. The van der Waals surface area contributed by atoms with E-state index in [9.17, 15) is 9.59 Å². The van der Waals surface area contributed by atoms with Crippen LogP contribution in [0.2, 0.25) is 5.02 Å². The summed E-state index contributed by atoms with van der Waals surface area (Å²) in [4.78, 5) is 27.7. The summed E-state index contributed by atoms with van der Waals surface area (Å²) in [6, 6.07) is 12.6. The lowest BCUT2D eigenvalue weighted by Gasteiger charge is -2.31. The Bertz CT molecular complexity index is 898. The van der Waals surface area contributed by atoms with E-state index < -0.39 is 6.04 Å². The lowest BCUT2D eigenvalue weighted by molar-refractivity contribution is -0.143. The van der Waals surface area contributed by atoms with Gasteiger partial charge >= 0.3 is 0 Å². The molecule has 0 aliphatic heterocycles. The Balaban J connectivity index is 2.23. The molecule has 0 spiro atoms. The standard InChI is InChI=1S/C25H33ClN2O3/c1-6-22(25(30)27-14-17(2)3)28(15-20-9-7-8-10-21(20)26)24(29)16-31-23-12-11-18(4)13-19(23)5/h7-13,17,22H,6,14-16H2,1-5H3,(H,27,30). The third kappa shape index (κ3) is 7.28. The first kappa shape index (κ1) is 24.7. The lowest BCUT2D eigenvalue weighted by Crippen LogP contribution is -2.50. The van der Waals surface area contributed by atoms with Crippen LogP contribution in [0, 0.1) is 19.8 Å². The van der Waals surface area contributed by atoms with E-state index >= 15 is 0 Å². The third-order valence-electron chi connectivity index (χ3n) is 5.05. The molecule has 2 amide bonds. The van der Waals surface area contributed by atoms with E-state index in [1.807, 2.05) is 71.0 Å². The van der Waals surface area contributed by atoms with Gasteiger partial charge in [0, 0.05) is 18.1 Å². The van der Waals surface area contributed by atoms with Gasteiger partial charge in [-0.25, -0.2) is 0 Å². The number of nitrogens with zero attached hydrogens (tertiary/aromatic N) is 1. The Morgan fingerprint density at radius 1 is 1.13 bits per heavy atom. The predicted octanol–water partition coefficient (Wildman–Crippen LogP) is 4.92. The SMILES string of the molecule is CCC(C(=O)NCC(C)C)N(Cc1ccccc1Cl)C(=O)COc1ccc(C)cc1C. The van der Waals surface area contributed by atoms with Gasteiger partial charge in [0.15, 0.2) is 6.61 Å². The number of nitrogens with one attached hydrogen (secondary N) is 1. The molecule has 0 heterocycles. The number of benzene rings is 2. The van der Waals surface area contributed by atoms with Crippen LogP contribution in [0.1, 0.15) is 43.9 Å². The predicted molar refractivity (Wildman–Crippen MR) is 125 cm³/mol. The summed E-state index contributed by atoms with van der Waals surface area (Å²) >= 11 is 6.34. The molecule has 0 aliphatic rings. The topological polar surface area (TPSA) is 58.6 Å². The van der Waals surface area contributed by atoms with Crippen LogP contribution in [0.25, 0.3) is 0 Å². The second-order valence-electron chi connectivity index (χ2n) is 8.23. The summed E-state index contributed by atoms with van der Waals surface area (Å²) in [6.07, 6.45) is 0.490. The van der Waals surface area contributed by atoms with Crippen molar-refractivity contribution in [2.45, 2.75) is 53.6 Å². The van der Waals surface area contributed by atoms with Gasteiger partial charge in [0.25, 0.3) is 5.91 Å². The smallest absolute Gasteiger partial charge is 0.261 e. The molecular weight excluding hydrogens is 412 g/mol. The van der Waals surface area contributed by atoms with Gasteiger partial charge in [-0.2, -0.15) is 0 Å². The molecule has 0 aliphatic carbocycles. The van der Waals surface area contributed by atoms with Crippen LogP contribution in [0.4, 0.5) is 0 Å². The number of amides is 2. The molecule has 0 aromatic heterocycles. The average molecular weight is 445 g/mol. The zero-order chi connectivity index (χ0) is 23.0. The van der Waals surface area contributed by atoms with Crippen molar-refractivity contribution in [2.24, 2.45) is 5.92 Å². The first-order chi connectivity index (χ1) is 14.7. The average Bonchev–Trinajstić information content (AvgIpc) is 2.72. The van der Waals surface area contributed by atoms with Crippen molar-refractivity contribution < 1.29 is 14.3 Å². The Kier molecular flexibility index (Phi) is 9.38. The summed E-state index contributed by atoms with van der Waals surface area (Å²) in [6.45, 7) is 10.6. The fourth-order valence-corrected chi connectivity index (χ4v) is 3.53. The largest absolute Gasteiger partial charge is 0.483 e. The van der Waals surface area contributed by atoms with E-state index in [0.29, 0.717) is 29.7 Å². The monoisotopic (exact) mass is 444 g/mol. The molecule has 2 aromatic carbocycles. The number of hydrogen-bond donors (Lipinski definition) is 1. The molecule has 0 saturated carbocycles. The van der Waals surface area contributed by atoms with Gasteiger partial charge in [-0.1, -0.05) is 68.3 Å². The first-order valence-electron chi connectivity index (χ1n) is 10.7. The minimum atomic E-state index is -0.606. The molecule has 1 N–H and O–H groups in total. The molecular formula is C25H33ClN2O3. The maximum absolute atomic E-state index is 13.2. The number of ether oxygens (including phenoxy) is 1. The third-order valence-corrected chi connectivity index (χ3v) is 5.42. The number of carbonyl (C=O) groups excluding carboxylic acids is 2. The van der Waals surface area contributed by atoms with Crippen LogP contribution in [-0.2, 0) is 16.1 Å². The molecule has 2 rings (SSSR count). The minimum Gasteiger partial charge on any atom is -0.483 e. The van der Waals surface area contributed by atoms with Crippen LogP contribution < -0.4 is 10.1 Å². The van der Waals surface area contributed by atoms with Gasteiger partial charge in [0.1, 0.15) is 11.8 Å². The van der Waals surface area contributed by atoms with Crippen molar-refractivity contribution in [3.63, 3.8) is 0 Å². The number of hydrogen-bond acceptors (Lipinski definition) is 3. The zero-order valence-corrected chi connectivity index (χ0v) is 19.8. The van der Waals surface area contributed by atoms with Crippen molar-refractivity contribution in [2.75, 3.05) is 13.2 Å². The molecule has 0 saturated heterocycles. The van der Waals surface area contributed by atoms with E-state index in [-0.39, 0.29) is 25.0 Å². The number of rotatable bonds is 10. The molecule has 2 aromatic rings. The molecule has 5 nitrogen and oxygen atoms in total. The summed E-state index contributed by atoms with van der Waals surface area (Å²) in [5.41, 5.74) is 2.88. The molecule has 0 bridgehead atoms. The summed E-state index contributed by atoms with van der Waals surface area (Å²) in [7, 11) is 0. The highest BCUT2D eigenvalue weighted by molar-refractivity contribution is 6.31. The zero-order valence-electron chi connectivity index (χ0n) is 19.1. The molecule has 1 atom stereocenters. The Hall–Kier alpha value is -2.53. The highest BCUT2D eigenvalue weighted by Crippen LogP contribution is 2.21. The fraction of sp³-hybridized carbons (Fsp3) is 0.440. The molecule has 1 unspecified atom stereocenters. The highest BCUT2D eigenvalue weighted by atomic mass is 35.5. The van der Waals surface area contributed by atoms with Crippen LogP contribution in [0.5, 0.6) is 5.75 Å². The molecule has 6 heteroatoms. The number of halogens is 1. The van der Waals surface area contributed by atoms with Crippen LogP contribution >= 0.6 is 11.6 Å². The van der Waals surface area contributed by atoms with E-state index in [1.54, 1.807) is 11.0 Å². The Morgan fingerprint density at radius 3 is 2.45 bits per heavy atom. The van der Waals surface area contributed by atoms with Crippen molar-refractivity contribution in [3.05, 3.63) is 64.2 Å². The van der Waals surface area contributed by atoms with Gasteiger partial charge < -0.3 is 15.0 Å². The molecule has 0 radical (unpaired) electrons. The maximum Gasteiger partial charge on any atom is 0.261 e. The van der Waals surface area contributed by atoms with Crippen LogP contribution in [0.15, 0.2) is 42.5 Å². The maximum atomic E-state index is 13.2.